The largest absolute Gasteiger partial charge is 0.343 e. The molecule has 2 nitrogen and oxygen atoms in total. The highest BCUT2D eigenvalue weighted by atomic mass is 35.5. The van der Waals surface area contributed by atoms with Crippen LogP contribution in [0.3, 0.4) is 0 Å². The maximum Gasteiger partial charge on any atom is 0.123 e. The number of piperidine rings is 1. The minimum absolute atomic E-state index is 0. The Morgan fingerprint density at radius 3 is 2.68 bits per heavy atom. The summed E-state index contributed by atoms with van der Waals surface area (Å²) in [5, 5.41) is 1.03. The lowest BCUT2D eigenvalue weighted by molar-refractivity contribution is 0.167. The van der Waals surface area contributed by atoms with Crippen molar-refractivity contribution in [1.82, 2.24) is 9.47 Å². The lowest BCUT2D eigenvalue weighted by Gasteiger charge is -2.33. The highest BCUT2D eigenvalue weighted by Gasteiger charge is 2.22. The van der Waals surface area contributed by atoms with Gasteiger partial charge in [0.2, 0.25) is 0 Å². The van der Waals surface area contributed by atoms with Crippen LogP contribution in [0.25, 0.3) is 10.9 Å². The van der Waals surface area contributed by atoms with E-state index in [-0.39, 0.29) is 18.2 Å². The number of hydrogen-bond acceptors (Lipinski definition) is 1. The lowest BCUT2D eigenvalue weighted by Crippen LogP contribution is -2.39. The zero-order valence-corrected chi connectivity index (χ0v) is 14.5. The summed E-state index contributed by atoms with van der Waals surface area (Å²) in [5.41, 5.74) is 2.48. The third kappa shape index (κ3) is 3.31. The van der Waals surface area contributed by atoms with Gasteiger partial charge in [0.05, 0.1) is 0 Å². The number of fused-ring (bicyclic) bond motifs is 1. The second-order valence-electron chi connectivity index (χ2n) is 6.67. The van der Waals surface area contributed by atoms with Crippen LogP contribution in [0.15, 0.2) is 24.3 Å². The summed E-state index contributed by atoms with van der Waals surface area (Å²) in [7, 11) is 2.23. The van der Waals surface area contributed by atoms with Crippen LogP contribution in [0.1, 0.15) is 44.7 Å². The Morgan fingerprint density at radius 2 is 2.00 bits per heavy atom. The average molecular weight is 325 g/mol. The van der Waals surface area contributed by atoms with E-state index < -0.39 is 0 Å². The molecule has 0 saturated carbocycles. The summed E-state index contributed by atoms with van der Waals surface area (Å²) in [6, 6.07) is 7.91. The molecule has 0 aliphatic carbocycles. The Labute approximate surface area is 138 Å². The van der Waals surface area contributed by atoms with Crippen molar-refractivity contribution in [3.63, 3.8) is 0 Å². The van der Waals surface area contributed by atoms with Crippen LogP contribution in [-0.4, -0.2) is 29.1 Å². The third-order valence-corrected chi connectivity index (χ3v) is 4.80. The maximum atomic E-state index is 13.5. The Balaban J connectivity index is 0.00000176. The van der Waals surface area contributed by atoms with Gasteiger partial charge in [0, 0.05) is 29.2 Å². The molecule has 2 aromatic rings. The predicted octanol–water partition coefficient (Wildman–Crippen LogP) is 4.81. The summed E-state index contributed by atoms with van der Waals surface area (Å²) in [4.78, 5) is 2.48. The molecule has 22 heavy (non-hydrogen) atoms. The fraction of sp³-hybridized carbons (Fsp3) is 0.556. The van der Waals surface area contributed by atoms with E-state index in [0.29, 0.717) is 12.0 Å². The first-order valence-electron chi connectivity index (χ1n) is 8.05. The molecule has 0 N–H and O–H groups in total. The van der Waals surface area contributed by atoms with Crippen LogP contribution < -0.4 is 0 Å². The number of benzene rings is 1. The van der Waals surface area contributed by atoms with Crippen molar-refractivity contribution in [2.45, 2.75) is 51.6 Å². The van der Waals surface area contributed by atoms with Crippen molar-refractivity contribution < 1.29 is 4.39 Å². The molecule has 1 aliphatic rings. The molecule has 0 amide bonds. The number of rotatable bonds is 3. The molecular weight excluding hydrogens is 299 g/mol. The molecule has 1 saturated heterocycles. The maximum absolute atomic E-state index is 13.5. The third-order valence-electron chi connectivity index (χ3n) is 4.80. The van der Waals surface area contributed by atoms with Crippen LogP contribution in [-0.2, 0) is 6.54 Å². The van der Waals surface area contributed by atoms with E-state index in [1.165, 1.54) is 37.0 Å². The predicted molar refractivity (Wildman–Crippen MR) is 93.5 cm³/mol. The van der Waals surface area contributed by atoms with E-state index in [4.69, 9.17) is 0 Å². The normalized spacial score (nSPS) is 19.6. The monoisotopic (exact) mass is 324 g/mol. The van der Waals surface area contributed by atoms with Gasteiger partial charge < -0.3 is 9.47 Å². The zero-order valence-electron chi connectivity index (χ0n) is 13.7. The first-order chi connectivity index (χ1) is 10.1. The molecule has 122 valence electrons. The molecular formula is C18H26ClFN2. The van der Waals surface area contributed by atoms with Crippen molar-refractivity contribution in [3.05, 3.63) is 35.8 Å². The van der Waals surface area contributed by atoms with Gasteiger partial charge in [-0.15, -0.1) is 12.4 Å². The summed E-state index contributed by atoms with van der Waals surface area (Å²) < 4.78 is 15.9. The SMILES string of the molecule is CC(C)c1cc2cc(F)ccc2n1CC1CCCCN1C.Cl. The number of likely N-dealkylation sites (tertiary alicyclic amines) is 1. The van der Waals surface area contributed by atoms with Crippen molar-refractivity contribution in [1.29, 1.82) is 0 Å². The van der Waals surface area contributed by atoms with Gasteiger partial charge in [0.15, 0.2) is 0 Å². The van der Waals surface area contributed by atoms with Crippen LogP contribution in [0.4, 0.5) is 4.39 Å². The molecule has 1 aromatic carbocycles. The van der Waals surface area contributed by atoms with E-state index in [9.17, 15) is 4.39 Å². The second kappa shape index (κ2) is 7.01. The Hall–Kier alpha value is -1.06. The molecule has 4 heteroatoms. The lowest BCUT2D eigenvalue weighted by atomic mass is 10.0. The van der Waals surface area contributed by atoms with Gasteiger partial charge >= 0.3 is 0 Å². The van der Waals surface area contributed by atoms with Gasteiger partial charge in [-0.05, 0) is 56.6 Å². The molecule has 0 spiro atoms. The molecule has 1 aromatic heterocycles. The van der Waals surface area contributed by atoms with Crippen molar-refractivity contribution >= 4 is 23.3 Å². The van der Waals surface area contributed by atoms with Crippen molar-refractivity contribution in [2.75, 3.05) is 13.6 Å². The van der Waals surface area contributed by atoms with Gasteiger partial charge in [-0.3, -0.25) is 0 Å². The van der Waals surface area contributed by atoms with Crippen LogP contribution in [0, 0.1) is 5.82 Å². The highest BCUT2D eigenvalue weighted by molar-refractivity contribution is 5.85. The Kier molecular flexibility index (Phi) is 5.51. The van der Waals surface area contributed by atoms with Crippen molar-refractivity contribution in [3.8, 4) is 0 Å². The number of nitrogens with zero attached hydrogens (tertiary/aromatic N) is 2. The molecule has 1 fully saturated rings. The first-order valence-corrected chi connectivity index (χ1v) is 8.05. The van der Waals surface area contributed by atoms with E-state index in [1.807, 2.05) is 6.07 Å². The summed E-state index contributed by atoms with van der Waals surface area (Å²) in [5.74, 6) is 0.305. The van der Waals surface area contributed by atoms with E-state index in [2.05, 4.69) is 36.4 Å². The van der Waals surface area contributed by atoms with E-state index in [0.717, 1.165) is 11.9 Å². The Morgan fingerprint density at radius 1 is 1.23 bits per heavy atom. The minimum atomic E-state index is -0.148. The van der Waals surface area contributed by atoms with Gasteiger partial charge in [0.1, 0.15) is 5.82 Å². The fourth-order valence-electron chi connectivity index (χ4n) is 3.53. The first kappa shape index (κ1) is 17.3. The summed E-state index contributed by atoms with van der Waals surface area (Å²) in [6.45, 7) is 6.63. The fourth-order valence-corrected chi connectivity index (χ4v) is 3.53. The zero-order chi connectivity index (χ0) is 15.0. The molecule has 1 unspecified atom stereocenters. The molecule has 1 aliphatic heterocycles. The molecule has 0 bridgehead atoms. The molecule has 1 atom stereocenters. The van der Waals surface area contributed by atoms with Gasteiger partial charge in [-0.1, -0.05) is 20.3 Å². The number of aromatic nitrogens is 1. The van der Waals surface area contributed by atoms with Crippen LogP contribution in [0.5, 0.6) is 0 Å². The van der Waals surface area contributed by atoms with Crippen molar-refractivity contribution in [2.24, 2.45) is 0 Å². The standard InChI is InChI=1S/C18H25FN2.ClH/c1-13(2)18-11-14-10-15(19)7-8-17(14)21(18)12-16-6-4-5-9-20(16)3;/h7-8,10-11,13,16H,4-6,9,12H2,1-3H3;1H. The van der Waals surface area contributed by atoms with Gasteiger partial charge in [-0.25, -0.2) is 4.39 Å². The van der Waals surface area contributed by atoms with Gasteiger partial charge in [0.25, 0.3) is 0 Å². The topological polar surface area (TPSA) is 8.17 Å². The van der Waals surface area contributed by atoms with E-state index >= 15 is 0 Å². The highest BCUT2D eigenvalue weighted by Crippen LogP contribution is 2.28. The van der Waals surface area contributed by atoms with Crippen LogP contribution in [0.2, 0.25) is 0 Å². The molecule has 3 rings (SSSR count). The van der Waals surface area contributed by atoms with E-state index in [1.54, 1.807) is 12.1 Å². The molecule has 0 radical (unpaired) electrons. The average Bonchev–Trinajstić information content (AvgIpc) is 2.79. The number of halogens is 2. The minimum Gasteiger partial charge on any atom is -0.343 e. The molecule has 2 heterocycles. The number of likely N-dealkylation sites (N-methyl/N-ethyl adjacent to an activating group) is 1. The number of hydrogen-bond donors (Lipinski definition) is 0. The summed E-state index contributed by atoms with van der Waals surface area (Å²) >= 11 is 0. The Bertz CT molecular complexity index is 635. The van der Waals surface area contributed by atoms with Gasteiger partial charge in [-0.2, -0.15) is 0 Å². The smallest absolute Gasteiger partial charge is 0.123 e. The quantitative estimate of drug-likeness (QED) is 0.786. The second-order valence-corrected chi connectivity index (χ2v) is 6.67. The summed E-state index contributed by atoms with van der Waals surface area (Å²) in [6.07, 6.45) is 3.89. The van der Waals surface area contributed by atoms with Crippen LogP contribution >= 0.6 is 12.4 Å².